The molecule has 0 fully saturated rings. The number of aliphatic hydroxyl groups is 1. The minimum absolute atomic E-state index is 0.00558. The van der Waals surface area contributed by atoms with Crippen LogP contribution in [0.5, 0.6) is 5.75 Å². The number of allylic oxidation sites excluding steroid dienone is 4. The second-order valence-electron chi connectivity index (χ2n) is 9.70. The Balaban J connectivity index is 1.82. The molecule has 41 heavy (non-hydrogen) atoms. The smallest absolute Gasteiger partial charge is 0.358 e. The summed E-state index contributed by atoms with van der Waals surface area (Å²) in [5, 5.41) is 13.6. The fourth-order valence-electron chi connectivity index (χ4n) is 5.50. The van der Waals surface area contributed by atoms with Gasteiger partial charge in [-0.05, 0) is 49.3 Å². The number of methoxy groups -OCH3 is 1. The van der Waals surface area contributed by atoms with Crippen molar-refractivity contribution in [2.24, 2.45) is 5.92 Å². The van der Waals surface area contributed by atoms with Gasteiger partial charge in [-0.1, -0.05) is 48.3 Å². The summed E-state index contributed by atoms with van der Waals surface area (Å²) >= 11 is 13.0. The molecule has 3 heterocycles. The topological polar surface area (TPSA) is 108 Å². The lowest BCUT2D eigenvalue weighted by Crippen LogP contribution is -2.30. The third-order valence-corrected chi connectivity index (χ3v) is 8.04. The maximum absolute atomic E-state index is 13.4. The van der Waals surface area contributed by atoms with Gasteiger partial charge < -0.3 is 24.5 Å². The van der Waals surface area contributed by atoms with Crippen molar-refractivity contribution in [2.75, 3.05) is 25.6 Å². The Hall–Kier alpha value is -3.79. The summed E-state index contributed by atoms with van der Waals surface area (Å²) in [4.78, 5) is 30.8. The van der Waals surface area contributed by atoms with E-state index in [4.69, 9.17) is 37.7 Å². The molecule has 0 bridgehead atoms. The fourth-order valence-corrected chi connectivity index (χ4v) is 5.89. The monoisotopic (exact) mass is 596 g/mol. The molecule has 1 aromatic carbocycles. The van der Waals surface area contributed by atoms with Crippen LogP contribution in [0, 0.1) is 5.92 Å². The van der Waals surface area contributed by atoms with Crippen molar-refractivity contribution in [1.82, 2.24) is 14.1 Å². The summed E-state index contributed by atoms with van der Waals surface area (Å²) in [7, 11) is 1.58. The van der Waals surface area contributed by atoms with Gasteiger partial charge in [0.2, 0.25) is 0 Å². The van der Waals surface area contributed by atoms with Crippen LogP contribution < -0.4 is 15.6 Å². The highest BCUT2D eigenvalue weighted by Crippen LogP contribution is 2.49. The molecule has 1 aliphatic heterocycles. The van der Waals surface area contributed by atoms with Crippen molar-refractivity contribution in [3.63, 3.8) is 0 Å². The first kappa shape index (κ1) is 28.7. The van der Waals surface area contributed by atoms with E-state index in [1.807, 2.05) is 54.8 Å². The Kier molecular flexibility index (Phi) is 8.13. The van der Waals surface area contributed by atoms with Gasteiger partial charge in [-0.3, -0.25) is 9.36 Å². The van der Waals surface area contributed by atoms with E-state index >= 15 is 0 Å². The van der Waals surface area contributed by atoms with E-state index in [1.165, 1.54) is 10.6 Å². The first-order valence-corrected chi connectivity index (χ1v) is 14.0. The van der Waals surface area contributed by atoms with Crippen molar-refractivity contribution in [2.45, 2.75) is 33.4 Å². The maximum atomic E-state index is 13.4. The van der Waals surface area contributed by atoms with Gasteiger partial charge in [0, 0.05) is 29.4 Å². The second kappa shape index (κ2) is 11.6. The molecule has 2 atom stereocenters. The minimum atomic E-state index is -0.608. The number of nitrogens with zero attached hydrogens (tertiary/aromatic N) is 3. The molecular formula is C30H30Cl2N4O5. The van der Waals surface area contributed by atoms with Crippen molar-refractivity contribution >= 4 is 40.6 Å². The van der Waals surface area contributed by atoms with Crippen LogP contribution in [0.1, 0.15) is 43.0 Å². The quantitative estimate of drug-likeness (QED) is 0.324. The molecule has 2 aromatic heterocycles. The van der Waals surface area contributed by atoms with Crippen LogP contribution in [0.2, 0.25) is 5.02 Å². The number of anilines is 1. The van der Waals surface area contributed by atoms with E-state index in [2.05, 4.69) is 5.32 Å². The summed E-state index contributed by atoms with van der Waals surface area (Å²) in [6.07, 6.45) is 5.37. The van der Waals surface area contributed by atoms with E-state index in [1.54, 1.807) is 20.2 Å². The van der Waals surface area contributed by atoms with Crippen LogP contribution >= 0.6 is 23.2 Å². The molecule has 0 saturated heterocycles. The molecule has 11 heteroatoms. The van der Waals surface area contributed by atoms with Crippen LogP contribution in [0.3, 0.4) is 0 Å². The molecule has 0 radical (unpaired) electrons. The summed E-state index contributed by atoms with van der Waals surface area (Å²) in [6.45, 7) is 5.76. The number of benzene rings is 1. The normalized spacial score (nSPS) is 17.8. The van der Waals surface area contributed by atoms with Crippen LogP contribution in [0.15, 0.2) is 69.7 Å². The van der Waals surface area contributed by atoms with Crippen LogP contribution in [0.4, 0.5) is 5.69 Å². The Morgan fingerprint density at radius 1 is 1.22 bits per heavy atom. The molecule has 0 amide bonds. The van der Waals surface area contributed by atoms with E-state index in [-0.39, 0.29) is 36.4 Å². The van der Waals surface area contributed by atoms with Gasteiger partial charge in [0.1, 0.15) is 16.6 Å². The zero-order valence-electron chi connectivity index (χ0n) is 23.1. The lowest BCUT2D eigenvalue weighted by Gasteiger charge is -2.37. The molecule has 2 aliphatic rings. The van der Waals surface area contributed by atoms with Gasteiger partial charge >= 0.3 is 5.97 Å². The molecule has 5 rings (SSSR count). The van der Waals surface area contributed by atoms with Gasteiger partial charge in [0.15, 0.2) is 5.69 Å². The van der Waals surface area contributed by atoms with Crippen molar-refractivity contribution in [3.8, 4) is 17.1 Å². The third-order valence-electron chi connectivity index (χ3n) is 7.31. The Labute approximate surface area is 247 Å². The SMILES string of the molecule is CCOC(=O)c1nc(-c2ccccc2OC)n2c1C(Nc1cc(Cl)c(=O)n(CCO)c1)C1=CC=C(Cl)C(C)C1=C2C. The first-order valence-electron chi connectivity index (χ1n) is 13.2. The number of pyridine rings is 1. The lowest BCUT2D eigenvalue weighted by molar-refractivity contribution is 0.0518. The van der Waals surface area contributed by atoms with Gasteiger partial charge in [-0.25, -0.2) is 9.78 Å². The van der Waals surface area contributed by atoms with Crippen LogP contribution in [0.25, 0.3) is 17.1 Å². The molecule has 2 unspecified atom stereocenters. The van der Waals surface area contributed by atoms with E-state index < -0.39 is 17.6 Å². The van der Waals surface area contributed by atoms with E-state index in [0.717, 1.165) is 16.8 Å². The number of ether oxygens (including phenoxy) is 2. The standard InChI is InChI=1S/C30H30Cl2N4O5/c1-5-41-30(39)26-27-25(33-18-14-22(32)29(38)35(15-18)12-13-37)20-10-11-21(31)16(2)24(20)17(3)36(27)28(34-26)19-8-6-7-9-23(19)40-4/h6-11,14-16,25,33,37H,5,12-13H2,1-4H3. The van der Waals surface area contributed by atoms with E-state index in [9.17, 15) is 14.7 Å². The van der Waals surface area contributed by atoms with Gasteiger partial charge in [-0.15, -0.1) is 0 Å². The lowest BCUT2D eigenvalue weighted by atomic mass is 9.80. The number of rotatable bonds is 8. The predicted molar refractivity (Wildman–Crippen MR) is 159 cm³/mol. The average Bonchev–Trinajstić information content (AvgIpc) is 3.36. The van der Waals surface area contributed by atoms with Gasteiger partial charge in [0.05, 0.1) is 43.3 Å². The number of para-hydroxylation sites is 1. The highest BCUT2D eigenvalue weighted by atomic mass is 35.5. The van der Waals surface area contributed by atoms with Crippen molar-refractivity contribution in [3.05, 3.63) is 91.6 Å². The molecule has 214 valence electrons. The number of hydrogen-bond acceptors (Lipinski definition) is 7. The number of fused-ring (bicyclic) bond motifs is 2. The average molecular weight is 597 g/mol. The summed E-state index contributed by atoms with van der Waals surface area (Å²) < 4.78 is 14.4. The number of aromatic nitrogens is 3. The molecule has 1 aliphatic carbocycles. The number of esters is 1. The van der Waals surface area contributed by atoms with Crippen LogP contribution in [-0.4, -0.2) is 45.5 Å². The Morgan fingerprint density at radius 2 is 1.98 bits per heavy atom. The summed E-state index contributed by atoms with van der Waals surface area (Å²) in [5.74, 6) is 0.399. The molecule has 0 saturated carbocycles. The highest BCUT2D eigenvalue weighted by molar-refractivity contribution is 6.31. The van der Waals surface area contributed by atoms with Crippen LogP contribution in [-0.2, 0) is 11.3 Å². The number of halogens is 2. The molecule has 3 aromatic rings. The van der Waals surface area contributed by atoms with Gasteiger partial charge in [-0.2, -0.15) is 0 Å². The number of hydrogen-bond donors (Lipinski definition) is 2. The zero-order valence-corrected chi connectivity index (χ0v) is 24.6. The van der Waals surface area contributed by atoms with Crippen molar-refractivity contribution < 1.29 is 19.4 Å². The van der Waals surface area contributed by atoms with E-state index in [0.29, 0.717) is 33.6 Å². The number of carbonyl (C=O) groups excluding carboxylic acids is 1. The Morgan fingerprint density at radius 3 is 2.68 bits per heavy atom. The largest absolute Gasteiger partial charge is 0.496 e. The summed E-state index contributed by atoms with van der Waals surface area (Å²) in [6, 6.07) is 8.39. The molecule has 0 spiro atoms. The van der Waals surface area contributed by atoms with Crippen molar-refractivity contribution in [1.29, 1.82) is 0 Å². The summed E-state index contributed by atoms with van der Waals surface area (Å²) in [5.41, 5.74) is 4.23. The van der Waals surface area contributed by atoms with Gasteiger partial charge in [0.25, 0.3) is 5.56 Å². The predicted octanol–water partition coefficient (Wildman–Crippen LogP) is 5.64. The second-order valence-corrected chi connectivity index (χ2v) is 10.5. The minimum Gasteiger partial charge on any atom is -0.496 e. The zero-order chi connectivity index (χ0) is 29.4. The number of nitrogens with one attached hydrogen (secondary N) is 1. The number of carbonyl (C=O) groups is 1. The molecular weight excluding hydrogens is 567 g/mol. The Bertz CT molecular complexity index is 1680. The maximum Gasteiger partial charge on any atom is 0.358 e. The first-order chi connectivity index (χ1) is 19.7. The molecule has 2 N–H and O–H groups in total. The highest BCUT2D eigenvalue weighted by Gasteiger charge is 2.40. The molecule has 9 nitrogen and oxygen atoms in total. The number of aliphatic hydroxyl groups excluding tert-OH is 1. The fraction of sp³-hybridized carbons (Fsp3) is 0.300. The number of imidazole rings is 1. The third kappa shape index (κ3) is 4.98.